The number of carboxylic acid groups (broad SMARTS) is 1. The molecule has 106 valence electrons. The summed E-state index contributed by atoms with van der Waals surface area (Å²) in [7, 11) is -4.07. The van der Waals surface area contributed by atoms with Crippen LogP contribution in [-0.4, -0.2) is 31.9 Å². The highest BCUT2D eigenvalue weighted by molar-refractivity contribution is 7.89. The van der Waals surface area contributed by atoms with E-state index in [-0.39, 0.29) is 24.5 Å². The second-order valence-corrected chi connectivity index (χ2v) is 5.54. The molecule has 0 bridgehead atoms. The Morgan fingerprint density at radius 2 is 1.89 bits per heavy atom. The molecule has 1 rings (SSSR count). The van der Waals surface area contributed by atoms with Crippen LogP contribution in [0.4, 0.5) is 0 Å². The van der Waals surface area contributed by atoms with E-state index in [9.17, 15) is 18.0 Å². The fourth-order valence-corrected chi connectivity index (χ4v) is 3.05. The van der Waals surface area contributed by atoms with Gasteiger partial charge in [0.2, 0.25) is 15.9 Å². The van der Waals surface area contributed by atoms with Gasteiger partial charge in [-0.15, -0.1) is 0 Å². The molecule has 0 aliphatic rings. The second-order valence-electron chi connectivity index (χ2n) is 3.84. The molecule has 0 spiro atoms. The van der Waals surface area contributed by atoms with Gasteiger partial charge >= 0.3 is 5.97 Å². The summed E-state index contributed by atoms with van der Waals surface area (Å²) in [4.78, 5) is 21.2. The number of sulfonamides is 1. The maximum absolute atomic E-state index is 12.0. The third kappa shape index (κ3) is 3.32. The van der Waals surface area contributed by atoms with Crippen molar-refractivity contribution in [3.8, 4) is 0 Å². The average Bonchev–Trinajstić information content (AvgIpc) is 2.53. The number of aryl methyl sites for hydroxylation is 2. The van der Waals surface area contributed by atoms with Crippen LogP contribution in [0.5, 0.6) is 0 Å². The number of carbonyl (C=O) groups is 2. The first-order valence-corrected chi connectivity index (χ1v) is 6.76. The van der Waals surface area contributed by atoms with E-state index >= 15 is 0 Å². The van der Waals surface area contributed by atoms with Gasteiger partial charge < -0.3 is 15.3 Å². The van der Waals surface area contributed by atoms with Crippen molar-refractivity contribution in [3.63, 3.8) is 0 Å². The molecule has 0 aromatic carbocycles. The van der Waals surface area contributed by atoms with E-state index in [4.69, 9.17) is 15.3 Å². The Bertz CT molecular complexity index is 616. The number of rotatable bonds is 6. The van der Waals surface area contributed by atoms with E-state index in [1.54, 1.807) is 0 Å². The summed E-state index contributed by atoms with van der Waals surface area (Å²) in [5.74, 6) is -2.09. The van der Waals surface area contributed by atoms with Gasteiger partial charge in [0.05, 0.1) is 0 Å². The molecule has 0 unspecified atom stereocenters. The summed E-state index contributed by atoms with van der Waals surface area (Å²) in [6, 6.07) is 0. The molecule has 0 aliphatic heterocycles. The molecule has 1 aromatic rings. The Kier molecular flexibility index (Phi) is 4.32. The monoisotopic (exact) mass is 290 g/mol. The van der Waals surface area contributed by atoms with Crippen LogP contribution < -0.4 is 10.5 Å². The molecular formula is C10H14N2O6S. The average molecular weight is 290 g/mol. The molecule has 0 fully saturated rings. The van der Waals surface area contributed by atoms with E-state index in [1.165, 1.54) is 13.8 Å². The van der Waals surface area contributed by atoms with Crippen molar-refractivity contribution in [1.82, 2.24) is 4.72 Å². The van der Waals surface area contributed by atoms with Crippen molar-refractivity contribution < 1.29 is 27.5 Å². The van der Waals surface area contributed by atoms with Gasteiger partial charge in [-0.25, -0.2) is 17.9 Å². The van der Waals surface area contributed by atoms with Crippen LogP contribution in [0.1, 0.15) is 28.3 Å². The number of aromatic carboxylic acids is 1. The van der Waals surface area contributed by atoms with Crippen LogP contribution in [0.15, 0.2) is 9.31 Å². The maximum Gasteiger partial charge on any atom is 0.340 e. The smallest absolute Gasteiger partial charge is 0.340 e. The van der Waals surface area contributed by atoms with E-state index in [1.807, 2.05) is 0 Å². The van der Waals surface area contributed by atoms with Gasteiger partial charge in [-0.3, -0.25) is 4.79 Å². The third-order valence-electron chi connectivity index (χ3n) is 2.35. The van der Waals surface area contributed by atoms with Crippen LogP contribution in [0.3, 0.4) is 0 Å². The Labute approximate surface area is 109 Å². The number of amides is 1. The first-order chi connectivity index (χ1) is 8.66. The molecule has 0 saturated heterocycles. The molecule has 0 saturated carbocycles. The lowest BCUT2D eigenvalue weighted by molar-refractivity contribution is -0.117. The Balaban J connectivity index is 3.14. The van der Waals surface area contributed by atoms with Crippen molar-refractivity contribution >= 4 is 21.9 Å². The quantitative estimate of drug-likeness (QED) is 0.660. The van der Waals surface area contributed by atoms with Gasteiger partial charge in [-0.2, -0.15) is 0 Å². The number of carboxylic acids is 1. The normalized spacial score (nSPS) is 11.5. The summed E-state index contributed by atoms with van der Waals surface area (Å²) in [5.41, 5.74) is 4.47. The van der Waals surface area contributed by atoms with E-state index < -0.39 is 32.4 Å². The van der Waals surface area contributed by atoms with Crippen LogP contribution in [-0.2, 0) is 14.8 Å². The van der Waals surface area contributed by atoms with Crippen molar-refractivity contribution in [3.05, 3.63) is 17.1 Å². The molecule has 8 nitrogen and oxygen atoms in total. The van der Waals surface area contributed by atoms with Gasteiger partial charge in [0.25, 0.3) is 0 Å². The second kappa shape index (κ2) is 5.41. The number of furan rings is 1. The number of primary amides is 1. The Morgan fingerprint density at radius 3 is 2.37 bits per heavy atom. The fourth-order valence-electron chi connectivity index (χ4n) is 1.61. The minimum atomic E-state index is -4.07. The van der Waals surface area contributed by atoms with Gasteiger partial charge in [-0.05, 0) is 13.8 Å². The first-order valence-electron chi connectivity index (χ1n) is 5.28. The highest BCUT2D eigenvalue weighted by atomic mass is 32.2. The van der Waals surface area contributed by atoms with Gasteiger partial charge in [-0.1, -0.05) is 0 Å². The number of carbonyl (C=O) groups excluding carboxylic acids is 1. The molecule has 1 heterocycles. The Hall–Kier alpha value is -1.87. The zero-order chi connectivity index (χ0) is 14.8. The molecular weight excluding hydrogens is 276 g/mol. The lowest BCUT2D eigenvalue weighted by Gasteiger charge is -2.05. The zero-order valence-corrected chi connectivity index (χ0v) is 11.2. The molecule has 1 amide bonds. The summed E-state index contributed by atoms with van der Waals surface area (Å²) < 4.78 is 31.1. The summed E-state index contributed by atoms with van der Waals surface area (Å²) in [6.07, 6.45) is -0.183. The number of hydrogen-bond acceptors (Lipinski definition) is 5. The van der Waals surface area contributed by atoms with E-state index in [2.05, 4.69) is 4.72 Å². The van der Waals surface area contributed by atoms with Crippen molar-refractivity contribution in [2.75, 3.05) is 6.54 Å². The first kappa shape index (κ1) is 15.2. The summed E-state index contributed by atoms with van der Waals surface area (Å²) in [5, 5.41) is 9.01. The highest BCUT2D eigenvalue weighted by Gasteiger charge is 2.30. The lowest BCUT2D eigenvalue weighted by Crippen LogP contribution is -2.29. The molecule has 0 radical (unpaired) electrons. The van der Waals surface area contributed by atoms with Crippen LogP contribution in [0.25, 0.3) is 0 Å². The predicted octanol–water partition coefficient (Wildman–Crippen LogP) is -0.252. The lowest BCUT2D eigenvalue weighted by atomic mass is 10.2. The number of hydrogen-bond donors (Lipinski definition) is 3. The SMILES string of the molecule is Cc1oc(C)c(S(=O)(=O)NCCC(N)=O)c1C(=O)O. The Morgan fingerprint density at radius 1 is 1.32 bits per heavy atom. The van der Waals surface area contributed by atoms with Crippen molar-refractivity contribution in [1.29, 1.82) is 0 Å². The van der Waals surface area contributed by atoms with Crippen LogP contribution in [0.2, 0.25) is 0 Å². The largest absolute Gasteiger partial charge is 0.478 e. The molecule has 0 atom stereocenters. The standard InChI is InChI=1S/C10H14N2O6S/c1-5-8(10(14)15)9(6(2)18-5)19(16,17)12-4-3-7(11)13/h12H,3-4H2,1-2H3,(H2,11,13)(H,14,15). The van der Waals surface area contributed by atoms with Gasteiger partial charge in [0.15, 0.2) is 0 Å². The number of nitrogens with one attached hydrogen (secondary N) is 1. The molecule has 19 heavy (non-hydrogen) atoms. The number of nitrogens with two attached hydrogens (primary N) is 1. The van der Waals surface area contributed by atoms with Crippen molar-refractivity contribution in [2.45, 2.75) is 25.2 Å². The zero-order valence-electron chi connectivity index (χ0n) is 10.4. The summed E-state index contributed by atoms with van der Waals surface area (Å²) >= 11 is 0. The molecule has 4 N–H and O–H groups in total. The minimum absolute atomic E-state index is 0.000256. The summed E-state index contributed by atoms with van der Waals surface area (Å²) in [6.45, 7) is 2.50. The maximum atomic E-state index is 12.0. The highest BCUT2D eigenvalue weighted by Crippen LogP contribution is 2.26. The molecule has 1 aromatic heterocycles. The van der Waals surface area contributed by atoms with Gasteiger partial charge in [0.1, 0.15) is 22.0 Å². The molecule has 0 aliphatic carbocycles. The van der Waals surface area contributed by atoms with Crippen LogP contribution in [0, 0.1) is 13.8 Å². The topological polar surface area (TPSA) is 140 Å². The van der Waals surface area contributed by atoms with E-state index in [0.29, 0.717) is 0 Å². The van der Waals surface area contributed by atoms with Crippen LogP contribution >= 0.6 is 0 Å². The van der Waals surface area contributed by atoms with E-state index in [0.717, 1.165) is 0 Å². The minimum Gasteiger partial charge on any atom is -0.478 e. The fraction of sp³-hybridized carbons (Fsp3) is 0.400. The predicted molar refractivity (Wildman–Crippen MR) is 64.1 cm³/mol. The van der Waals surface area contributed by atoms with Gasteiger partial charge in [0, 0.05) is 13.0 Å². The van der Waals surface area contributed by atoms with Crippen molar-refractivity contribution in [2.24, 2.45) is 5.73 Å². The molecule has 9 heteroatoms. The third-order valence-corrected chi connectivity index (χ3v) is 3.96.